The Morgan fingerprint density at radius 1 is 1.50 bits per heavy atom. The Morgan fingerprint density at radius 3 is 2.86 bits per heavy atom. The molecule has 2 aliphatic rings. The Morgan fingerprint density at radius 2 is 2.23 bits per heavy atom. The van der Waals surface area contributed by atoms with Crippen LogP contribution in [0.2, 0.25) is 0 Å². The van der Waals surface area contributed by atoms with E-state index in [4.69, 9.17) is 4.74 Å². The van der Waals surface area contributed by atoms with Crippen LogP contribution in [0.3, 0.4) is 0 Å². The lowest BCUT2D eigenvalue weighted by molar-refractivity contribution is -0.0346. The van der Waals surface area contributed by atoms with Crippen molar-refractivity contribution >= 4 is 23.5 Å². The van der Waals surface area contributed by atoms with E-state index < -0.39 is 22.5 Å². The summed E-state index contributed by atoms with van der Waals surface area (Å²) in [5, 5.41) is 3.06. The third kappa shape index (κ3) is 2.29. The zero-order valence-electron chi connectivity index (χ0n) is 12.0. The number of rotatable bonds is 1. The molecule has 0 radical (unpaired) electrons. The number of fused-ring (bicyclic) bond motifs is 3. The summed E-state index contributed by atoms with van der Waals surface area (Å²) >= 11 is -0.0465. The topological polar surface area (TPSA) is 41.6 Å². The second-order valence-corrected chi connectivity index (χ2v) is 6.84. The number of ether oxygens (including phenoxy) is 1. The van der Waals surface area contributed by atoms with E-state index in [2.05, 4.69) is 5.32 Å². The number of thioether (sulfide) groups is 1. The van der Waals surface area contributed by atoms with Gasteiger partial charge in [-0.15, -0.1) is 0 Å². The third-order valence-corrected chi connectivity index (χ3v) is 5.35. The number of benzene rings is 1. The van der Waals surface area contributed by atoms with Gasteiger partial charge < -0.3 is 10.1 Å². The fourth-order valence-corrected chi connectivity index (χ4v) is 4.43. The number of amides is 1. The van der Waals surface area contributed by atoms with E-state index >= 15 is 0 Å². The Kier molecular flexibility index (Phi) is 3.47. The molecule has 2 atom stereocenters. The molecule has 3 rings (SSSR count). The zero-order valence-corrected chi connectivity index (χ0v) is 12.8. The van der Waals surface area contributed by atoms with Crippen LogP contribution in [0, 0.1) is 6.92 Å². The quantitative estimate of drug-likeness (QED) is 0.852. The number of aryl methyl sites for hydroxylation is 1. The first kappa shape index (κ1) is 15.3. The highest BCUT2D eigenvalue weighted by Crippen LogP contribution is 2.59. The van der Waals surface area contributed by atoms with Crippen LogP contribution < -0.4 is 5.32 Å². The van der Waals surface area contributed by atoms with Crippen LogP contribution in [0.25, 0.3) is 0 Å². The van der Waals surface area contributed by atoms with Crippen LogP contribution in [0.4, 0.5) is 23.7 Å². The van der Waals surface area contributed by atoms with Gasteiger partial charge in [-0.05, 0) is 36.7 Å². The number of likely N-dealkylation sites (tertiary alicyclic amines) is 1. The van der Waals surface area contributed by atoms with Gasteiger partial charge in [-0.3, -0.25) is 4.90 Å². The second kappa shape index (κ2) is 4.97. The summed E-state index contributed by atoms with van der Waals surface area (Å²) in [6.45, 7) is 2.06. The number of nitrogens with one attached hydrogen (secondary N) is 1. The predicted molar refractivity (Wildman–Crippen MR) is 77.6 cm³/mol. The zero-order chi connectivity index (χ0) is 16.1. The van der Waals surface area contributed by atoms with Gasteiger partial charge in [0.05, 0.1) is 11.9 Å². The molecule has 1 fully saturated rings. The minimum atomic E-state index is -4.39. The molecule has 1 N–H and O–H groups in total. The van der Waals surface area contributed by atoms with Crippen molar-refractivity contribution in [1.82, 2.24) is 4.90 Å². The molecule has 1 amide bonds. The van der Waals surface area contributed by atoms with Gasteiger partial charge in [0.2, 0.25) is 0 Å². The lowest BCUT2D eigenvalue weighted by Crippen LogP contribution is -2.45. The third-order valence-electron chi connectivity index (χ3n) is 4.11. The lowest BCUT2D eigenvalue weighted by atomic mass is 9.96. The monoisotopic (exact) mass is 332 g/mol. The van der Waals surface area contributed by atoms with Crippen molar-refractivity contribution in [3.63, 3.8) is 0 Å². The van der Waals surface area contributed by atoms with E-state index in [0.717, 1.165) is 5.56 Å². The van der Waals surface area contributed by atoms with Crippen LogP contribution in [0.15, 0.2) is 18.2 Å². The van der Waals surface area contributed by atoms with Gasteiger partial charge in [0, 0.05) is 12.2 Å². The summed E-state index contributed by atoms with van der Waals surface area (Å²) in [4.78, 5) is 13.2. The standard InChI is InChI=1S/C14H15F3N2O2S/c1-8-3-4-10-9(7-8)13(22-14(15,16)17)5-6-19(11(13)18-10)12(20)21-2/h3-4,7,11,18H,5-6H2,1-2H3/t11-,13+/m0/s1. The highest BCUT2D eigenvalue weighted by atomic mass is 32.2. The molecule has 2 aliphatic heterocycles. The van der Waals surface area contributed by atoms with Crippen LogP contribution in [0.5, 0.6) is 0 Å². The number of methoxy groups -OCH3 is 1. The van der Waals surface area contributed by atoms with Gasteiger partial charge >= 0.3 is 11.6 Å². The van der Waals surface area contributed by atoms with Crippen molar-refractivity contribution in [3.8, 4) is 0 Å². The molecule has 1 aromatic carbocycles. The van der Waals surface area contributed by atoms with Crippen LogP contribution in [-0.4, -0.2) is 36.3 Å². The average molecular weight is 332 g/mol. The maximum Gasteiger partial charge on any atom is 0.442 e. The van der Waals surface area contributed by atoms with Gasteiger partial charge in [-0.25, -0.2) is 4.79 Å². The lowest BCUT2D eigenvalue weighted by Gasteiger charge is -2.31. The molecule has 22 heavy (non-hydrogen) atoms. The number of anilines is 1. The number of hydrogen-bond donors (Lipinski definition) is 1. The minimum absolute atomic E-state index is 0.0465. The van der Waals surface area contributed by atoms with Crippen molar-refractivity contribution in [3.05, 3.63) is 29.3 Å². The first-order valence-corrected chi connectivity index (χ1v) is 7.58. The molecule has 0 spiro atoms. The van der Waals surface area contributed by atoms with Crippen LogP contribution in [0.1, 0.15) is 17.5 Å². The SMILES string of the molecule is COC(=O)N1CC[C@@]2(SC(F)(F)F)c3cc(C)ccc3N[C@@H]12. The number of halogens is 3. The molecule has 120 valence electrons. The largest absolute Gasteiger partial charge is 0.453 e. The van der Waals surface area contributed by atoms with E-state index in [0.29, 0.717) is 11.3 Å². The normalized spacial score (nSPS) is 26.4. The van der Waals surface area contributed by atoms with Crippen molar-refractivity contribution in [2.24, 2.45) is 0 Å². The maximum atomic E-state index is 13.1. The molecular formula is C14H15F3N2O2S. The van der Waals surface area contributed by atoms with Crippen molar-refractivity contribution < 1.29 is 22.7 Å². The van der Waals surface area contributed by atoms with E-state index in [9.17, 15) is 18.0 Å². The maximum absolute atomic E-state index is 13.1. The van der Waals surface area contributed by atoms with Crippen LogP contribution in [-0.2, 0) is 9.48 Å². The van der Waals surface area contributed by atoms with E-state index in [1.165, 1.54) is 12.0 Å². The summed E-state index contributed by atoms with van der Waals surface area (Å²) in [5.74, 6) is 0. The Hall–Kier alpha value is -1.57. The Labute approximate surface area is 130 Å². The summed E-state index contributed by atoms with van der Waals surface area (Å²) in [6, 6.07) is 5.36. The molecule has 0 saturated carbocycles. The number of carbonyl (C=O) groups is 1. The summed E-state index contributed by atoms with van der Waals surface area (Å²) < 4.78 is 42.9. The van der Waals surface area contributed by atoms with Gasteiger partial charge in [0.1, 0.15) is 6.17 Å². The molecule has 0 unspecified atom stereocenters. The van der Waals surface area contributed by atoms with Crippen molar-refractivity contribution in [2.75, 3.05) is 19.0 Å². The van der Waals surface area contributed by atoms with E-state index in [-0.39, 0.29) is 24.7 Å². The van der Waals surface area contributed by atoms with Crippen molar-refractivity contribution in [2.45, 2.75) is 29.8 Å². The molecule has 0 aromatic heterocycles. The number of alkyl halides is 3. The minimum Gasteiger partial charge on any atom is -0.453 e. The Bertz CT molecular complexity index is 623. The predicted octanol–water partition coefficient (Wildman–Crippen LogP) is 3.67. The van der Waals surface area contributed by atoms with Gasteiger partial charge in [-0.1, -0.05) is 17.7 Å². The summed E-state index contributed by atoms with van der Waals surface area (Å²) in [7, 11) is 1.23. The highest BCUT2D eigenvalue weighted by molar-refractivity contribution is 8.01. The highest BCUT2D eigenvalue weighted by Gasteiger charge is 2.60. The number of hydrogen-bond acceptors (Lipinski definition) is 4. The van der Waals surface area contributed by atoms with Gasteiger partial charge in [-0.2, -0.15) is 13.2 Å². The molecule has 2 heterocycles. The molecule has 1 aromatic rings. The molecule has 0 bridgehead atoms. The van der Waals surface area contributed by atoms with Gasteiger partial charge in [0.25, 0.3) is 0 Å². The molecule has 4 nitrogen and oxygen atoms in total. The van der Waals surface area contributed by atoms with Crippen molar-refractivity contribution in [1.29, 1.82) is 0 Å². The number of nitrogens with zero attached hydrogens (tertiary/aromatic N) is 1. The fourth-order valence-electron chi connectivity index (χ4n) is 3.24. The molecule has 0 aliphatic carbocycles. The average Bonchev–Trinajstić information content (AvgIpc) is 2.90. The summed E-state index contributed by atoms with van der Waals surface area (Å²) in [6.07, 6.45) is -1.16. The molecular weight excluding hydrogens is 317 g/mol. The van der Waals surface area contributed by atoms with E-state index in [1.807, 2.05) is 13.0 Å². The summed E-state index contributed by atoms with van der Waals surface area (Å²) in [5.41, 5.74) is -2.26. The second-order valence-electron chi connectivity index (χ2n) is 5.45. The first-order valence-electron chi connectivity index (χ1n) is 6.76. The smallest absolute Gasteiger partial charge is 0.442 e. The fraction of sp³-hybridized carbons (Fsp3) is 0.500. The Balaban J connectivity index is 2.08. The number of carbonyl (C=O) groups excluding carboxylic acids is 1. The van der Waals surface area contributed by atoms with E-state index in [1.54, 1.807) is 12.1 Å². The first-order chi connectivity index (χ1) is 10.3. The molecule has 1 saturated heterocycles. The van der Waals surface area contributed by atoms with Gasteiger partial charge in [0.15, 0.2) is 0 Å². The van der Waals surface area contributed by atoms with Crippen LogP contribution >= 0.6 is 11.8 Å². The molecule has 8 heteroatoms.